The highest BCUT2D eigenvalue weighted by molar-refractivity contribution is 5.78. The van der Waals surface area contributed by atoms with E-state index in [4.69, 9.17) is 0 Å². The van der Waals surface area contributed by atoms with Gasteiger partial charge in [0.05, 0.1) is 0 Å². The molecule has 0 saturated carbocycles. The minimum Gasteiger partial charge on any atom is -0.504 e. The molecule has 12 heteroatoms. The van der Waals surface area contributed by atoms with E-state index in [2.05, 4.69) is 16.0 Å². The SMILES string of the molecule is CCc1c(CNC(=O)CCc2ccc(O)c(O)c2)c(CC)c(CNC(=O)CCc2ccc(O)c(O)c2)c(CC)c1CNC(=O)CCc1ccc(O)c(O)c1. The van der Waals surface area contributed by atoms with Crippen molar-refractivity contribution < 1.29 is 45.0 Å². The van der Waals surface area contributed by atoms with Crippen LogP contribution < -0.4 is 16.0 Å². The lowest BCUT2D eigenvalue weighted by molar-refractivity contribution is -0.122. The molecule has 0 aliphatic carbocycles. The Labute approximate surface area is 315 Å². The number of carbonyl (C=O) groups is 3. The number of phenols is 6. The zero-order chi connectivity index (χ0) is 39.4. The first-order chi connectivity index (χ1) is 25.8. The molecule has 288 valence electrons. The van der Waals surface area contributed by atoms with Crippen molar-refractivity contribution in [2.75, 3.05) is 0 Å². The van der Waals surface area contributed by atoms with Crippen molar-refractivity contribution in [3.63, 3.8) is 0 Å². The summed E-state index contributed by atoms with van der Waals surface area (Å²) in [5.41, 5.74) is 7.95. The fourth-order valence-corrected chi connectivity index (χ4v) is 6.79. The summed E-state index contributed by atoms with van der Waals surface area (Å²) in [5.74, 6) is -2.02. The molecule has 0 heterocycles. The topological polar surface area (TPSA) is 209 Å². The van der Waals surface area contributed by atoms with Crippen molar-refractivity contribution in [2.45, 2.75) is 98.2 Å². The van der Waals surface area contributed by atoms with Crippen LogP contribution in [0.4, 0.5) is 0 Å². The fourth-order valence-electron chi connectivity index (χ4n) is 6.79. The zero-order valence-electron chi connectivity index (χ0n) is 31.1. The first-order valence-corrected chi connectivity index (χ1v) is 18.3. The Hall–Kier alpha value is -5.91. The maximum atomic E-state index is 13.1. The molecule has 0 aliphatic rings. The molecule has 4 aromatic carbocycles. The van der Waals surface area contributed by atoms with Gasteiger partial charge in [-0.1, -0.05) is 39.0 Å². The number of aryl methyl sites for hydroxylation is 3. The van der Waals surface area contributed by atoms with Crippen LogP contribution in [0.3, 0.4) is 0 Å². The van der Waals surface area contributed by atoms with Crippen LogP contribution in [0.25, 0.3) is 0 Å². The van der Waals surface area contributed by atoms with E-state index in [9.17, 15) is 45.0 Å². The number of aromatic hydroxyl groups is 6. The molecule has 0 aliphatic heterocycles. The maximum Gasteiger partial charge on any atom is 0.220 e. The van der Waals surface area contributed by atoms with E-state index in [1.165, 1.54) is 36.4 Å². The minimum absolute atomic E-state index is 0.156. The molecule has 0 bridgehead atoms. The van der Waals surface area contributed by atoms with Crippen LogP contribution in [0.1, 0.15) is 90.1 Å². The van der Waals surface area contributed by atoms with Gasteiger partial charge in [0.25, 0.3) is 0 Å². The lowest BCUT2D eigenvalue weighted by Gasteiger charge is -2.27. The van der Waals surface area contributed by atoms with Crippen LogP contribution in [-0.4, -0.2) is 48.4 Å². The van der Waals surface area contributed by atoms with E-state index in [0.717, 1.165) is 33.4 Å². The van der Waals surface area contributed by atoms with Gasteiger partial charge in [0.15, 0.2) is 34.5 Å². The summed E-state index contributed by atoms with van der Waals surface area (Å²) >= 11 is 0. The number of benzene rings is 4. The van der Waals surface area contributed by atoms with E-state index in [1.54, 1.807) is 18.2 Å². The molecule has 0 radical (unpaired) electrons. The summed E-state index contributed by atoms with van der Waals surface area (Å²) in [6.45, 7) is 6.78. The first kappa shape index (κ1) is 40.9. The standard InChI is InChI=1S/C42H51N3O9/c1-4-28-31(22-43-40(52)16-10-25-7-13-34(46)37(49)19-25)29(5-2)33(24-45-42(54)18-12-27-9-15-36(48)39(51)21-27)30(6-3)32(28)23-44-41(53)17-11-26-8-14-35(47)38(50)20-26/h7-9,13-15,19-21,46-51H,4-6,10-12,16-18,22-24H2,1-3H3,(H,43,52)(H,44,53)(H,45,54). The summed E-state index contributed by atoms with van der Waals surface area (Å²) in [5, 5.41) is 67.6. The van der Waals surface area contributed by atoms with Gasteiger partial charge in [0.1, 0.15) is 0 Å². The van der Waals surface area contributed by atoms with Crippen molar-refractivity contribution in [2.24, 2.45) is 0 Å². The Morgan fingerprint density at radius 1 is 0.407 bits per heavy atom. The summed E-state index contributed by atoms with van der Waals surface area (Å²) in [7, 11) is 0. The molecule has 0 aromatic heterocycles. The van der Waals surface area contributed by atoms with Crippen LogP contribution >= 0.6 is 0 Å². The molecule has 3 amide bonds. The number of amides is 3. The summed E-state index contributed by atoms with van der Waals surface area (Å²) in [6.07, 6.45) is 3.43. The third kappa shape index (κ3) is 10.8. The molecule has 54 heavy (non-hydrogen) atoms. The van der Waals surface area contributed by atoms with Crippen molar-refractivity contribution in [3.8, 4) is 34.5 Å². The van der Waals surface area contributed by atoms with Crippen molar-refractivity contribution in [3.05, 3.63) is 105 Å². The molecule has 0 spiro atoms. The van der Waals surface area contributed by atoms with Gasteiger partial charge in [-0.2, -0.15) is 0 Å². The van der Waals surface area contributed by atoms with E-state index in [1.807, 2.05) is 20.8 Å². The molecule has 0 unspecified atom stereocenters. The average molecular weight is 742 g/mol. The minimum atomic E-state index is -0.248. The summed E-state index contributed by atoms with van der Waals surface area (Å²) in [4.78, 5) is 39.4. The Morgan fingerprint density at radius 3 is 0.889 bits per heavy atom. The van der Waals surface area contributed by atoms with Gasteiger partial charge in [-0.05, 0) is 125 Å². The largest absolute Gasteiger partial charge is 0.504 e. The van der Waals surface area contributed by atoms with Crippen molar-refractivity contribution in [1.82, 2.24) is 16.0 Å². The van der Waals surface area contributed by atoms with Gasteiger partial charge in [-0.3, -0.25) is 14.4 Å². The van der Waals surface area contributed by atoms with Gasteiger partial charge in [-0.15, -0.1) is 0 Å². The molecule has 4 aromatic rings. The second-order valence-corrected chi connectivity index (χ2v) is 13.2. The van der Waals surface area contributed by atoms with E-state index in [-0.39, 0.29) is 91.1 Å². The third-order valence-corrected chi connectivity index (χ3v) is 9.68. The predicted octanol–water partition coefficient (Wildman–Crippen LogP) is 5.35. The summed E-state index contributed by atoms with van der Waals surface area (Å²) in [6, 6.07) is 13.4. The van der Waals surface area contributed by atoms with Crippen LogP contribution in [0.15, 0.2) is 54.6 Å². The highest BCUT2D eigenvalue weighted by atomic mass is 16.3. The lowest BCUT2D eigenvalue weighted by Crippen LogP contribution is -2.30. The fraction of sp³-hybridized carbons (Fsp3) is 0.357. The van der Waals surface area contributed by atoms with Gasteiger partial charge >= 0.3 is 0 Å². The van der Waals surface area contributed by atoms with Gasteiger partial charge in [0.2, 0.25) is 17.7 Å². The Balaban J connectivity index is 1.57. The third-order valence-electron chi connectivity index (χ3n) is 9.68. The van der Waals surface area contributed by atoms with Crippen LogP contribution in [-0.2, 0) is 72.5 Å². The summed E-state index contributed by atoms with van der Waals surface area (Å²) < 4.78 is 0. The highest BCUT2D eigenvalue weighted by Gasteiger charge is 2.23. The van der Waals surface area contributed by atoms with E-state index in [0.29, 0.717) is 55.2 Å². The second-order valence-electron chi connectivity index (χ2n) is 13.2. The van der Waals surface area contributed by atoms with E-state index >= 15 is 0 Å². The highest BCUT2D eigenvalue weighted by Crippen LogP contribution is 2.32. The molecule has 0 saturated heterocycles. The predicted molar refractivity (Wildman–Crippen MR) is 204 cm³/mol. The van der Waals surface area contributed by atoms with Gasteiger partial charge < -0.3 is 46.6 Å². The first-order valence-electron chi connectivity index (χ1n) is 18.3. The molecule has 12 nitrogen and oxygen atoms in total. The molecule has 0 atom stereocenters. The smallest absolute Gasteiger partial charge is 0.220 e. The van der Waals surface area contributed by atoms with Gasteiger partial charge in [-0.25, -0.2) is 0 Å². The molecular weight excluding hydrogens is 690 g/mol. The number of rotatable bonds is 18. The number of phenolic OH excluding ortho intramolecular Hbond substituents is 6. The normalized spacial score (nSPS) is 10.9. The Morgan fingerprint density at radius 2 is 0.667 bits per heavy atom. The Bertz CT molecular complexity index is 1730. The van der Waals surface area contributed by atoms with Crippen LogP contribution in [0.2, 0.25) is 0 Å². The molecule has 0 fully saturated rings. The number of carbonyl (C=O) groups excluding carboxylic acids is 3. The molecular formula is C42H51N3O9. The monoisotopic (exact) mass is 741 g/mol. The zero-order valence-corrected chi connectivity index (χ0v) is 31.1. The van der Waals surface area contributed by atoms with E-state index < -0.39 is 0 Å². The quantitative estimate of drug-likeness (QED) is 0.0601. The van der Waals surface area contributed by atoms with Crippen molar-refractivity contribution in [1.29, 1.82) is 0 Å². The van der Waals surface area contributed by atoms with Crippen molar-refractivity contribution >= 4 is 17.7 Å². The average Bonchev–Trinajstić information content (AvgIpc) is 3.16. The maximum absolute atomic E-state index is 13.1. The number of nitrogens with one attached hydrogen (secondary N) is 3. The molecule has 9 N–H and O–H groups in total. The second kappa shape index (κ2) is 19.2. The number of hydrogen-bond donors (Lipinski definition) is 9. The van der Waals surface area contributed by atoms with Crippen LogP contribution in [0.5, 0.6) is 34.5 Å². The number of hydrogen-bond acceptors (Lipinski definition) is 9. The lowest BCUT2D eigenvalue weighted by atomic mass is 9.83. The molecule has 4 rings (SSSR count). The van der Waals surface area contributed by atoms with Gasteiger partial charge in [0, 0.05) is 38.9 Å². The van der Waals surface area contributed by atoms with Crippen LogP contribution in [0, 0.1) is 0 Å². The Kier molecular flexibility index (Phi) is 14.6.